The van der Waals surface area contributed by atoms with E-state index in [4.69, 9.17) is 9.47 Å². The molecule has 7 nitrogen and oxygen atoms in total. The quantitative estimate of drug-likeness (QED) is 0.683. The molecule has 3 amide bonds. The van der Waals surface area contributed by atoms with Gasteiger partial charge in [0.25, 0.3) is 0 Å². The zero-order valence-electron chi connectivity index (χ0n) is 19.5. The summed E-state index contributed by atoms with van der Waals surface area (Å²) < 4.78 is 11.1. The molecule has 1 fully saturated rings. The lowest BCUT2D eigenvalue weighted by molar-refractivity contribution is -0.125. The van der Waals surface area contributed by atoms with Crippen molar-refractivity contribution in [3.63, 3.8) is 0 Å². The first-order valence-corrected chi connectivity index (χ1v) is 10.9. The molecule has 0 bridgehead atoms. The number of likely N-dealkylation sites (tertiary alicyclic amines) is 1. The van der Waals surface area contributed by atoms with E-state index in [9.17, 15) is 9.59 Å². The Hall–Kier alpha value is -3.22. The van der Waals surface area contributed by atoms with Gasteiger partial charge in [-0.2, -0.15) is 0 Å². The third-order valence-electron chi connectivity index (χ3n) is 5.76. The minimum atomic E-state index is -0.390. The van der Waals surface area contributed by atoms with Crippen molar-refractivity contribution in [3.8, 4) is 11.5 Å². The summed E-state index contributed by atoms with van der Waals surface area (Å²) in [6, 6.07) is 13.1. The average Bonchev–Trinajstić information content (AvgIpc) is 3.24. The van der Waals surface area contributed by atoms with Crippen LogP contribution >= 0.6 is 0 Å². The number of carbonyl (C=O) groups excluding carboxylic acids is 2. The Morgan fingerprint density at radius 2 is 1.78 bits per heavy atom. The molecular weight excluding hydrogens is 406 g/mol. The van der Waals surface area contributed by atoms with Crippen LogP contribution in [-0.2, 0) is 4.79 Å². The van der Waals surface area contributed by atoms with Crippen molar-refractivity contribution >= 4 is 17.6 Å². The SMILES string of the molecule is COc1cccc([C@H]2CN(C(=O)Nc3ccc(C)cc3)C[C@@H]2C(=O)NCC(C)C)c1OC. The Labute approximate surface area is 190 Å². The zero-order valence-corrected chi connectivity index (χ0v) is 19.5. The molecule has 0 aromatic heterocycles. The molecule has 0 saturated carbocycles. The number of anilines is 1. The van der Waals surface area contributed by atoms with E-state index in [-0.39, 0.29) is 17.9 Å². The number of hydrogen-bond acceptors (Lipinski definition) is 4. The zero-order chi connectivity index (χ0) is 23.3. The number of methoxy groups -OCH3 is 2. The van der Waals surface area contributed by atoms with Gasteiger partial charge in [-0.3, -0.25) is 4.79 Å². The molecule has 2 aromatic rings. The highest BCUT2D eigenvalue weighted by atomic mass is 16.5. The number of aryl methyl sites for hydroxylation is 1. The van der Waals surface area contributed by atoms with Crippen LogP contribution in [-0.4, -0.2) is 50.7 Å². The molecule has 1 heterocycles. The molecule has 1 aliphatic heterocycles. The number of urea groups is 1. The number of nitrogens with zero attached hydrogens (tertiary/aromatic N) is 1. The highest BCUT2D eigenvalue weighted by Crippen LogP contribution is 2.42. The largest absolute Gasteiger partial charge is 0.493 e. The third-order valence-corrected chi connectivity index (χ3v) is 5.76. The third kappa shape index (κ3) is 5.33. The summed E-state index contributed by atoms with van der Waals surface area (Å²) in [5.41, 5.74) is 2.71. The molecular formula is C25H33N3O4. The number of benzene rings is 2. The second-order valence-corrected chi connectivity index (χ2v) is 8.64. The molecule has 7 heteroatoms. The summed E-state index contributed by atoms with van der Waals surface area (Å²) in [6.07, 6.45) is 0. The van der Waals surface area contributed by atoms with Crippen molar-refractivity contribution in [3.05, 3.63) is 53.6 Å². The maximum Gasteiger partial charge on any atom is 0.321 e. The number of carbonyl (C=O) groups is 2. The first kappa shape index (κ1) is 23.4. The summed E-state index contributed by atoms with van der Waals surface area (Å²) in [4.78, 5) is 27.8. The van der Waals surface area contributed by atoms with Gasteiger partial charge in [0.2, 0.25) is 5.91 Å². The lowest BCUT2D eigenvalue weighted by Crippen LogP contribution is -2.38. The topological polar surface area (TPSA) is 79.9 Å². The second kappa shape index (κ2) is 10.4. The minimum absolute atomic E-state index is 0.0563. The van der Waals surface area contributed by atoms with E-state index >= 15 is 0 Å². The summed E-state index contributed by atoms with van der Waals surface area (Å²) in [5.74, 6) is 0.885. The van der Waals surface area contributed by atoms with E-state index in [2.05, 4.69) is 24.5 Å². The second-order valence-electron chi connectivity index (χ2n) is 8.64. The Kier molecular flexibility index (Phi) is 7.62. The van der Waals surface area contributed by atoms with Crippen molar-refractivity contribution in [2.45, 2.75) is 26.7 Å². The molecule has 2 N–H and O–H groups in total. The number of rotatable bonds is 7. The first-order chi connectivity index (χ1) is 15.3. The number of amides is 3. The van der Waals surface area contributed by atoms with Crippen LogP contribution in [0.1, 0.15) is 30.9 Å². The molecule has 0 radical (unpaired) electrons. The van der Waals surface area contributed by atoms with Crippen molar-refractivity contribution in [2.75, 3.05) is 39.2 Å². The predicted octanol–water partition coefficient (Wildman–Crippen LogP) is 4.03. The van der Waals surface area contributed by atoms with Gasteiger partial charge in [0, 0.05) is 36.8 Å². The minimum Gasteiger partial charge on any atom is -0.493 e. The lowest BCUT2D eigenvalue weighted by Gasteiger charge is -2.22. The Morgan fingerprint density at radius 1 is 1.06 bits per heavy atom. The number of hydrogen-bond donors (Lipinski definition) is 2. The molecule has 1 aliphatic rings. The molecule has 3 rings (SSSR count). The van der Waals surface area contributed by atoms with Crippen LogP contribution in [0, 0.1) is 18.8 Å². The van der Waals surface area contributed by atoms with Crippen LogP contribution in [0.2, 0.25) is 0 Å². The Bertz CT molecular complexity index is 943. The molecule has 2 atom stereocenters. The highest BCUT2D eigenvalue weighted by Gasteiger charge is 2.42. The molecule has 172 valence electrons. The summed E-state index contributed by atoms with van der Waals surface area (Å²) in [7, 11) is 3.18. The van der Waals surface area contributed by atoms with Gasteiger partial charge in [0.05, 0.1) is 20.1 Å². The fourth-order valence-corrected chi connectivity index (χ4v) is 4.03. The normalized spacial score (nSPS) is 17.9. The molecule has 0 aliphatic carbocycles. The lowest BCUT2D eigenvalue weighted by atomic mass is 9.87. The van der Waals surface area contributed by atoms with Crippen LogP contribution in [0.5, 0.6) is 11.5 Å². The fourth-order valence-electron chi connectivity index (χ4n) is 4.03. The van der Waals surface area contributed by atoms with E-state index in [1.807, 2.05) is 49.4 Å². The maximum absolute atomic E-state index is 13.1. The van der Waals surface area contributed by atoms with Crippen molar-refractivity contribution in [1.82, 2.24) is 10.2 Å². The van der Waals surface area contributed by atoms with E-state index in [1.54, 1.807) is 19.1 Å². The van der Waals surface area contributed by atoms with Gasteiger partial charge in [0.15, 0.2) is 11.5 Å². The Morgan fingerprint density at radius 3 is 2.41 bits per heavy atom. The monoisotopic (exact) mass is 439 g/mol. The number of para-hydroxylation sites is 1. The Balaban J connectivity index is 1.86. The van der Waals surface area contributed by atoms with Gasteiger partial charge in [-0.05, 0) is 31.0 Å². The van der Waals surface area contributed by atoms with Gasteiger partial charge in [-0.15, -0.1) is 0 Å². The van der Waals surface area contributed by atoms with Crippen LogP contribution in [0.4, 0.5) is 10.5 Å². The summed E-state index contributed by atoms with van der Waals surface area (Å²) in [6.45, 7) is 7.43. The van der Waals surface area contributed by atoms with E-state index in [1.165, 1.54) is 0 Å². The van der Waals surface area contributed by atoms with Crippen molar-refractivity contribution in [2.24, 2.45) is 11.8 Å². The molecule has 1 saturated heterocycles. The van der Waals surface area contributed by atoms with E-state index in [0.717, 1.165) is 16.8 Å². The van der Waals surface area contributed by atoms with E-state index < -0.39 is 5.92 Å². The molecule has 0 unspecified atom stereocenters. The van der Waals surface area contributed by atoms with Gasteiger partial charge >= 0.3 is 6.03 Å². The van der Waals surface area contributed by atoms with Crippen LogP contribution in [0.25, 0.3) is 0 Å². The van der Waals surface area contributed by atoms with Gasteiger partial charge in [0.1, 0.15) is 0 Å². The van der Waals surface area contributed by atoms with Crippen molar-refractivity contribution < 1.29 is 19.1 Å². The molecule has 32 heavy (non-hydrogen) atoms. The fraction of sp³-hybridized carbons (Fsp3) is 0.440. The smallest absolute Gasteiger partial charge is 0.321 e. The van der Waals surface area contributed by atoms with Gasteiger partial charge in [-0.25, -0.2) is 4.79 Å². The summed E-state index contributed by atoms with van der Waals surface area (Å²) in [5, 5.41) is 5.98. The first-order valence-electron chi connectivity index (χ1n) is 10.9. The van der Waals surface area contributed by atoms with Crippen LogP contribution < -0.4 is 20.1 Å². The standard InChI is InChI=1S/C25H33N3O4/c1-16(2)13-26-24(29)21-15-28(25(30)27-18-11-9-17(3)10-12-18)14-20(21)19-7-6-8-22(31-4)23(19)32-5/h6-12,16,20-21H,13-15H2,1-5H3,(H,26,29)(H,27,30)/t20-,21+/m1/s1. The van der Waals surface area contributed by atoms with Crippen LogP contribution in [0.3, 0.4) is 0 Å². The predicted molar refractivity (Wildman–Crippen MR) is 125 cm³/mol. The van der Waals surface area contributed by atoms with E-state index in [0.29, 0.717) is 37.1 Å². The maximum atomic E-state index is 13.1. The highest BCUT2D eigenvalue weighted by molar-refractivity contribution is 5.91. The summed E-state index contributed by atoms with van der Waals surface area (Å²) >= 11 is 0. The number of nitrogens with one attached hydrogen (secondary N) is 2. The van der Waals surface area contributed by atoms with Gasteiger partial charge in [-0.1, -0.05) is 43.7 Å². The van der Waals surface area contributed by atoms with Crippen molar-refractivity contribution in [1.29, 1.82) is 0 Å². The molecule has 0 spiro atoms. The average molecular weight is 440 g/mol. The number of ether oxygens (including phenoxy) is 2. The van der Waals surface area contributed by atoms with Gasteiger partial charge < -0.3 is 25.0 Å². The van der Waals surface area contributed by atoms with Crippen LogP contribution in [0.15, 0.2) is 42.5 Å². The molecule has 2 aromatic carbocycles.